The Morgan fingerprint density at radius 2 is 2.21 bits per heavy atom. The molecule has 3 aromatic heterocycles. The second kappa shape index (κ2) is 7.33. The average molecular weight is 412 g/mol. The van der Waals surface area contributed by atoms with Gasteiger partial charge in [0.05, 0.1) is 27.6 Å². The van der Waals surface area contributed by atoms with E-state index in [0.717, 1.165) is 0 Å². The van der Waals surface area contributed by atoms with Crippen LogP contribution in [0.2, 0.25) is 5.02 Å². The molecule has 0 bridgehead atoms. The predicted molar refractivity (Wildman–Crippen MR) is 102 cm³/mol. The van der Waals surface area contributed by atoms with Gasteiger partial charge < -0.3 is 9.15 Å². The van der Waals surface area contributed by atoms with E-state index in [1.807, 2.05) is 6.07 Å². The van der Waals surface area contributed by atoms with Gasteiger partial charge in [-0.05, 0) is 36.8 Å². The van der Waals surface area contributed by atoms with Crippen LogP contribution in [0, 0.1) is 18.3 Å². The van der Waals surface area contributed by atoms with E-state index in [1.54, 1.807) is 25.1 Å². The first kappa shape index (κ1) is 18.6. The van der Waals surface area contributed by atoms with Gasteiger partial charge in [0, 0.05) is 12.3 Å². The molecule has 0 saturated heterocycles. The molecular weight excluding hydrogens is 401 g/mol. The fourth-order valence-corrected chi connectivity index (χ4v) is 3.06. The summed E-state index contributed by atoms with van der Waals surface area (Å²) in [6, 6.07) is 9.62. The summed E-state index contributed by atoms with van der Waals surface area (Å²) in [5, 5.41) is 13.7. The van der Waals surface area contributed by atoms with Crippen molar-refractivity contribution in [2.45, 2.75) is 6.92 Å². The summed E-state index contributed by atoms with van der Waals surface area (Å²) in [7, 11) is 0. The van der Waals surface area contributed by atoms with Crippen LogP contribution in [0.25, 0.3) is 28.3 Å². The van der Waals surface area contributed by atoms with Crippen LogP contribution in [0.3, 0.4) is 0 Å². The van der Waals surface area contributed by atoms with Gasteiger partial charge >= 0.3 is 5.63 Å². The molecule has 0 fully saturated rings. The van der Waals surface area contributed by atoms with Crippen LogP contribution >= 0.6 is 11.6 Å². The molecule has 0 N–H and O–H groups in total. The SMILES string of the molecule is Cc1cc(C#N)cc2c(=O)oc(-c3cc(OCF)nn3-c3ncccc3Cl)nc12. The van der Waals surface area contributed by atoms with Gasteiger partial charge in [-0.1, -0.05) is 11.6 Å². The Labute approximate surface area is 167 Å². The van der Waals surface area contributed by atoms with E-state index in [-0.39, 0.29) is 33.7 Å². The van der Waals surface area contributed by atoms with Crippen molar-refractivity contribution in [3.8, 4) is 29.4 Å². The highest BCUT2D eigenvalue weighted by Gasteiger charge is 2.20. The minimum absolute atomic E-state index is 0.0645. The number of aromatic nitrogens is 4. The molecule has 8 nitrogen and oxygen atoms in total. The van der Waals surface area contributed by atoms with Crippen molar-refractivity contribution >= 4 is 22.5 Å². The summed E-state index contributed by atoms with van der Waals surface area (Å²) in [6.45, 7) is 0.626. The summed E-state index contributed by atoms with van der Waals surface area (Å²) in [6.07, 6.45) is 1.50. The number of benzene rings is 1. The second-order valence-electron chi connectivity index (χ2n) is 5.95. The standard InChI is InChI=1S/C19H11ClFN5O3/c1-10-5-11(8-22)6-12-16(10)24-18(29-19(12)27)14-7-15(28-9-21)25-26(14)17-13(20)3-2-4-23-17/h2-7H,9H2,1H3. The molecule has 29 heavy (non-hydrogen) atoms. The molecule has 0 aliphatic carbocycles. The number of pyridine rings is 1. The summed E-state index contributed by atoms with van der Waals surface area (Å²) in [4.78, 5) is 21.1. The van der Waals surface area contributed by atoms with Crippen LogP contribution in [-0.2, 0) is 0 Å². The molecule has 0 radical (unpaired) electrons. The monoisotopic (exact) mass is 411 g/mol. The third-order valence-corrected chi connectivity index (χ3v) is 4.40. The van der Waals surface area contributed by atoms with Crippen molar-refractivity contribution in [2.24, 2.45) is 0 Å². The maximum Gasteiger partial charge on any atom is 0.347 e. The highest BCUT2D eigenvalue weighted by molar-refractivity contribution is 6.32. The van der Waals surface area contributed by atoms with E-state index >= 15 is 0 Å². The number of hydrogen-bond acceptors (Lipinski definition) is 7. The van der Waals surface area contributed by atoms with Crippen LogP contribution < -0.4 is 10.4 Å². The zero-order valence-corrected chi connectivity index (χ0v) is 15.6. The summed E-state index contributed by atoms with van der Waals surface area (Å²) < 4.78 is 24.1. The molecule has 10 heteroatoms. The maximum atomic E-state index is 12.7. The van der Waals surface area contributed by atoms with Crippen molar-refractivity contribution in [2.75, 3.05) is 6.86 Å². The lowest BCUT2D eigenvalue weighted by Gasteiger charge is -2.08. The van der Waals surface area contributed by atoms with Gasteiger partial charge in [0.1, 0.15) is 5.69 Å². The molecule has 0 atom stereocenters. The Hall–Kier alpha value is -3.77. The van der Waals surface area contributed by atoms with Gasteiger partial charge in [-0.2, -0.15) is 5.26 Å². The topological polar surface area (TPSA) is 107 Å². The second-order valence-corrected chi connectivity index (χ2v) is 6.36. The number of halogens is 2. The molecule has 4 rings (SSSR count). The third-order valence-electron chi connectivity index (χ3n) is 4.10. The lowest BCUT2D eigenvalue weighted by Crippen LogP contribution is -2.08. The van der Waals surface area contributed by atoms with Crippen molar-refractivity contribution in [3.05, 3.63) is 63.1 Å². The molecule has 0 saturated carbocycles. The van der Waals surface area contributed by atoms with Crippen molar-refractivity contribution in [3.63, 3.8) is 0 Å². The first-order valence-electron chi connectivity index (χ1n) is 8.27. The van der Waals surface area contributed by atoms with Gasteiger partial charge in [-0.25, -0.2) is 23.8 Å². The minimum atomic E-state index is -1.10. The third kappa shape index (κ3) is 3.30. The van der Waals surface area contributed by atoms with Crippen molar-refractivity contribution in [1.82, 2.24) is 19.7 Å². The Morgan fingerprint density at radius 3 is 2.93 bits per heavy atom. The van der Waals surface area contributed by atoms with E-state index in [9.17, 15) is 9.18 Å². The number of rotatable bonds is 4. The fraction of sp³-hybridized carbons (Fsp3) is 0.105. The van der Waals surface area contributed by atoms with Gasteiger partial charge in [-0.3, -0.25) is 0 Å². The molecular formula is C19H11ClFN5O3. The van der Waals surface area contributed by atoms with Gasteiger partial charge in [0.25, 0.3) is 0 Å². The average Bonchev–Trinajstić information content (AvgIpc) is 3.12. The van der Waals surface area contributed by atoms with Gasteiger partial charge in [0.2, 0.25) is 18.6 Å². The smallest absolute Gasteiger partial charge is 0.347 e. The quantitative estimate of drug-likeness (QED) is 0.505. The number of nitrogens with zero attached hydrogens (tertiary/aromatic N) is 5. The number of nitriles is 1. The van der Waals surface area contributed by atoms with E-state index in [2.05, 4.69) is 15.1 Å². The Bertz CT molecular complexity index is 1340. The first-order chi connectivity index (χ1) is 14.0. The molecule has 3 heterocycles. The number of aryl methyl sites for hydroxylation is 1. The molecule has 144 valence electrons. The van der Waals surface area contributed by atoms with Crippen molar-refractivity contribution < 1.29 is 13.5 Å². The first-order valence-corrected chi connectivity index (χ1v) is 8.65. The van der Waals surface area contributed by atoms with E-state index in [0.29, 0.717) is 16.6 Å². The van der Waals surface area contributed by atoms with Gasteiger partial charge in [-0.15, -0.1) is 5.10 Å². The summed E-state index contributed by atoms with van der Waals surface area (Å²) in [5.74, 6) is 0.0718. The number of fused-ring (bicyclic) bond motifs is 1. The Balaban J connectivity index is 1.99. The molecule has 1 aromatic carbocycles. The minimum Gasteiger partial charge on any atom is -0.445 e. The number of ether oxygens (including phenoxy) is 1. The Morgan fingerprint density at radius 1 is 1.38 bits per heavy atom. The predicted octanol–water partition coefficient (Wildman–Crippen LogP) is 3.58. The van der Waals surface area contributed by atoms with Crippen molar-refractivity contribution in [1.29, 1.82) is 5.26 Å². The maximum absolute atomic E-state index is 12.7. The summed E-state index contributed by atoms with van der Waals surface area (Å²) >= 11 is 6.21. The van der Waals surface area contributed by atoms with Crippen LogP contribution in [0.4, 0.5) is 4.39 Å². The largest absolute Gasteiger partial charge is 0.445 e. The number of hydrogen-bond donors (Lipinski definition) is 0. The molecule has 0 aliphatic rings. The molecule has 0 spiro atoms. The normalized spacial score (nSPS) is 10.8. The molecule has 0 amide bonds. The highest BCUT2D eigenvalue weighted by atomic mass is 35.5. The van der Waals surface area contributed by atoms with E-state index in [1.165, 1.54) is 23.0 Å². The van der Waals surface area contributed by atoms with E-state index < -0.39 is 12.5 Å². The lowest BCUT2D eigenvalue weighted by molar-refractivity contribution is 0.184. The zero-order valence-electron chi connectivity index (χ0n) is 14.9. The fourth-order valence-electron chi connectivity index (χ4n) is 2.86. The zero-order chi connectivity index (χ0) is 20.5. The summed E-state index contributed by atoms with van der Waals surface area (Å²) in [5.41, 5.74) is 0.814. The van der Waals surface area contributed by atoms with Gasteiger partial charge in [0.15, 0.2) is 5.82 Å². The number of alkyl halides is 1. The van der Waals surface area contributed by atoms with E-state index in [4.69, 9.17) is 26.0 Å². The molecule has 4 aromatic rings. The van der Waals surface area contributed by atoms with Crippen LogP contribution in [-0.4, -0.2) is 26.6 Å². The molecule has 0 unspecified atom stereocenters. The molecule has 0 aliphatic heterocycles. The van der Waals surface area contributed by atoms with Crippen LogP contribution in [0.5, 0.6) is 5.88 Å². The lowest BCUT2D eigenvalue weighted by atomic mass is 10.1. The highest BCUT2D eigenvalue weighted by Crippen LogP contribution is 2.29. The van der Waals surface area contributed by atoms with Crippen LogP contribution in [0.1, 0.15) is 11.1 Å². The van der Waals surface area contributed by atoms with Crippen LogP contribution in [0.15, 0.2) is 45.7 Å². The Kier molecular flexibility index (Phi) is 4.70.